The van der Waals surface area contributed by atoms with E-state index >= 15 is 0 Å². The van der Waals surface area contributed by atoms with Crippen LogP contribution in [0.2, 0.25) is 0 Å². The van der Waals surface area contributed by atoms with Gasteiger partial charge in [-0.15, -0.1) is 0 Å². The first-order valence-corrected chi connectivity index (χ1v) is 5.03. The molecule has 2 rings (SSSR count). The van der Waals surface area contributed by atoms with Gasteiger partial charge in [0.05, 0.1) is 5.54 Å². The molecule has 0 radical (unpaired) electrons. The molecule has 0 aliphatic carbocycles. The van der Waals surface area contributed by atoms with E-state index in [1.54, 1.807) is 6.07 Å². The Balaban J connectivity index is 2.31. The fourth-order valence-electron chi connectivity index (χ4n) is 1.87. The van der Waals surface area contributed by atoms with Crippen molar-refractivity contribution in [2.45, 2.75) is 12.5 Å². The van der Waals surface area contributed by atoms with Gasteiger partial charge in [0.2, 0.25) is 0 Å². The van der Waals surface area contributed by atoms with Gasteiger partial charge in [-0.1, -0.05) is 6.07 Å². The molecule has 0 saturated carbocycles. The summed E-state index contributed by atoms with van der Waals surface area (Å²) in [6.45, 7) is 4.43. The van der Waals surface area contributed by atoms with E-state index in [0.29, 0.717) is 0 Å². The maximum Gasteiger partial charge on any atom is 0.159 e. The molecule has 1 aliphatic rings. The average Bonchev–Trinajstić information content (AvgIpc) is 2.23. The first kappa shape index (κ1) is 10.5. The summed E-state index contributed by atoms with van der Waals surface area (Å²) in [5, 5.41) is 6.54. The summed E-state index contributed by atoms with van der Waals surface area (Å²) >= 11 is 0. The van der Waals surface area contributed by atoms with E-state index in [2.05, 4.69) is 10.6 Å². The Morgan fingerprint density at radius 2 is 2.00 bits per heavy atom. The van der Waals surface area contributed by atoms with Crippen molar-refractivity contribution < 1.29 is 8.78 Å². The summed E-state index contributed by atoms with van der Waals surface area (Å²) in [4.78, 5) is 0. The number of rotatable bonds is 1. The van der Waals surface area contributed by atoms with Crippen molar-refractivity contribution in [3.63, 3.8) is 0 Å². The predicted molar refractivity (Wildman–Crippen MR) is 54.6 cm³/mol. The Bertz CT molecular complexity index is 360. The molecule has 0 spiro atoms. The third kappa shape index (κ3) is 2.01. The lowest BCUT2D eigenvalue weighted by Crippen LogP contribution is -2.55. The highest BCUT2D eigenvalue weighted by Gasteiger charge is 2.28. The lowest BCUT2D eigenvalue weighted by atomic mass is 9.90. The van der Waals surface area contributed by atoms with Gasteiger partial charge < -0.3 is 10.6 Å². The average molecular weight is 212 g/mol. The molecule has 0 aromatic heterocycles. The molecule has 1 aromatic rings. The summed E-state index contributed by atoms with van der Waals surface area (Å²) in [6.07, 6.45) is 0. The van der Waals surface area contributed by atoms with Crippen molar-refractivity contribution >= 4 is 0 Å². The standard InChI is InChI=1S/C11H14F2N2/c1-11(7-14-4-5-15-11)8-2-3-9(12)10(13)6-8/h2-3,6,14-15H,4-5,7H2,1H3. The molecule has 15 heavy (non-hydrogen) atoms. The van der Waals surface area contributed by atoms with Crippen molar-refractivity contribution in [1.29, 1.82) is 0 Å². The third-order valence-corrected chi connectivity index (χ3v) is 2.85. The monoisotopic (exact) mass is 212 g/mol. The minimum absolute atomic E-state index is 0.313. The van der Waals surface area contributed by atoms with Gasteiger partial charge >= 0.3 is 0 Å². The molecule has 0 amide bonds. The van der Waals surface area contributed by atoms with Crippen LogP contribution in [0.15, 0.2) is 18.2 Å². The van der Waals surface area contributed by atoms with Crippen LogP contribution in [0.3, 0.4) is 0 Å². The van der Waals surface area contributed by atoms with Gasteiger partial charge in [0, 0.05) is 19.6 Å². The van der Waals surface area contributed by atoms with Gasteiger partial charge in [-0.3, -0.25) is 0 Å². The van der Waals surface area contributed by atoms with E-state index in [4.69, 9.17) is 0 Å². The van der Waals surface area contributed by atoms with Gasteiger partial charge in [0.1, 0.15) is 0 Å². The fourth-order valence-corrected chi connectivity index (χ4v) is 1.87. The maximum absolute atomic E-state index is 13.1. The number of halogens is 2. The van der Waals surface area contributed by atoms with E-state index in [9.17, 15) is 8.78 Å². The zero-order chi connectivity index (χ0) is 10.9. The van der Waals surface area contributed by atoms with Gasteiger partial charge in [-0.25, -0.2) is 8.78 Å². The van der Waals surface area contributed by atoms with E-state index in [1.165, 1.54) is 12.1 Å². The maximum atomic E-state index is 13.1. The Morgan fingerprint density at radius 3 is 2.60 bits per heavy atom. The van der Waals surface area contributed by atoms with E-state index < -0.39 is 11.6 Å². The number of benzene rings is 1. The summed E-state index contributed by atoms with van der Waals surface area (Å²) in [7, 11) is 0. The molecular formula is C11H14F2N2. The molecule has 1 unspecified atom stereocenters. The normalized spacial score (nSPS) is 26.6. The van der Waals surface area contributed by atoms with Crippen LogP contribution in [0.5, 0.6) is 0 Å². The number of hydrogen-bond donors (Lipinski definition) is 2. The van der Waals surface area contributed by atoms with Crippen LogP contribution in [0.4, 0.5) is 8.78 Å². The number of hydrogen-bond acceptors (Lipinski definition) is 2. The van der Waals surface area contributed by atoms with Crippen molar-refractivity contribution in [1.82, 2.24) is 10.6 Å². The van der Waals surface area contributed by atoms with Crippen molar-refractivity contribution in [3.8, 4) is 0 Å². The lowest BCUT2D eigenvalue weighted by Gasteiger charge is -2.36. The topological polar surface area (TPSA) is 24.1 Å². The van der Waals surface area contributed by atoms with E-state index in [1.807, 2.05) is 6.92 Å². The Kier molecular flexibility index (Phi) is 2.71. The Hall–Kier alpha value is -1.00. The molecule has 0 bridgehead atoms. The second-order valence-electron chi connectivity index (χ2n) is 4.06. The second-order valence-corrected chi connectivity index (χ2v) is 4.06. The van der Waals surface area contributed by atoms with Crippen LogP contribution >= 0.6 is 0 Å². The Labute approximate surface area is 87.7 Å². The first-order valence-electron chi connectivity index (χ1n) is 5.03. The van der Waals surface area contributed by atoms with Crippen LogP contribution in [-0.2, 0) is 5.54 Å². The molecule has 2 nitrogen and oxygen atoms in total. The van der Waals surface area contributed by atoms with Crippen LogP contribution < -0.4 is 10.6 Å². The fraction of sp³-hybridized carbons (Fsp3) is 0.455. The molecular weight excluding hydrogens is 198 g/mol. The lowest BCUT2D eigenvalue weighted by molar-refractivity contribution is 0.301. The van der Waals surface area contributed by atoms with Gasteiger partial charge in [0.15, 0.2) is 11.6 Å². The number of nitrogens with one attached hydrogen (secondary N) is 2. The molecule has 1 saturated heterocycles. The van der Waals surface area contributed by atoms with E-state index in [-0.39, 0.29) is 5.54 Å². The van der Waals surface area contributed by atoms with Crippen molar-refractivity contribution in [3.05, 3.63) is 35.4 Å². The highest BCUT2D eigenvalue weighted by atomic mass is 19.2. The summed E-state index contributed by atoms with van der Waals surface area (Å²) in [5.41, 5.74) is 0.459. The Morgan fingerprint density at radius 1 is 1.20 bits per heavy atom. The van der Waals surface area contributed by atoms with Crippen molar-refractivity contribution in [2.75, 3.05) is 19.6 Å². The molecule has 4 heteroatoms. The predicted octanol–water partition coefficient (Wildman–Crippen LogP) is 1.37. The molecule has 1 fully saturated rings. The third-order valence-electron chi connectivity index (χ3n) is 2.85. The van der Waals surface area contributed by atoms with Gasteiger partial charge in [-0.2, -0.15) is 0 Å². The zero-order valence-corrected chi connectivity index (χ0v) is 8.61. The van der Waals surface area contributed by atoms with Gasteiger partial charge in [-0.05, 0) is 24.6 Å². The largest absolute Gasteiger partial charge is 0.313 e. The quantitative estimate of drug-likeness (QED) is 0.734. The summed E-state index contributed by atoms with van der Waals surface area (Å²) < 4.78 is 25.9. The molecule has 1 atom stereocenters. The smallest absolute Gasteiger partial charge is 0.159 e. The minimum Gasteiger partial charge on any atom is -0.313 e. The molecule has 1 heterocycles. The van der Waals surface area contributed by atoms with Crippen LogP contribution in [0, 0.1) is 11.6 Å². The van der Waals surface area contributed by atoms with Crippen LogP contribution in [0.1, 0.15) is 12.5 Å². The number of piperazine rings is 1. The highest BCUT2D eigenvalue weighted by molar-refractivity contribution is 5.26. The molecule has 82 valence electrons. The van der Waals surface area contributed by atoms with Crippen molar-refractivity contribution in [2.24, 2.45) is 0 Å². The SMILES string of the molecule is CC1(c2ccc(F)c(F)c2)CNCCN1. The van der Waals surface area contributed by atoms with Crippen LogP contribution in [0.25, 0.3) is 0 Å². The van der Waals surface area contributed by atoms with Crippen LogP contribution in [-0.4, -0.2) is 19.6 Å². The van der Waals surface area contributed by atoms with Gasteiger partial charge in [0.25, 0.3) is 0 Å². The zero-order valence-electron chi connectivity index (χ0n) is 8.61. The summed E-state index contributed by atoms with van der Waals surface area (Å²) in [5.74, 6) is -1.59. The first-order chi connectivity index (χ1) is 7.12. The molecule has 1 aliphatic heterocycles. The molecule has 1 aromatic carbocycles. The van der Waals surface area contributed by atoms with E-state index in [0.717, 1.165) is 25.2 Å². The minimum atomic E-state index is -0.800. The second kappa shape index (κ2) is 3.87. The highest BCUT2D eigenvalue weighted by Crippen LogP contribution is 2.23. The summed E-state index contributed by atoms with van der Waals surface area (Å²) in [6, 6.07) is 4.06. The molecule has 2 N–H and O–H groups in total.